The van der Waals surface area contributed by atoms with Gasteiger partial charge in [-0.1, -0.05) is 0 Å². The van der Waals surface area contributed by atoms with Crippen molar-refractivity contribution in [1.82, 2.24) is 9.80 Å². The van der Waals surface area contributed by atoms with Crippen molar-refractivity contribution in [1.29, 1.82) is 5.41 Å². The lowest BCUT2D eigenvalue weighted by Gasteiger charge is -2.50. The summed E-state index contributed by atoms with van der Waals surface area (Å²) >= 11 is 0. The van der Waals surface area contributed by atoms with Crippen LogP contribution in [-0.4, -0.2) is 92.5 Å². The van der Waals surface area contributed by atoms with E-state index in [0.29, 0.717) is 11.3 Å². The van der Waals surface area contributed by atoms with Gasteiger partial charge in [0.05, 0.1) is 11.6 Å². The Labute approximate surface area is 218 Å². The average molecular weight is 526 g/mol. The molecule has 4 aliphatic rings. The number of ketones is 2. The summed E-state index contributed by atoms with van der Waals surface area (Å²) in [6.07, 6.45) is 2.10. The normalized spacial score (nSPS) is 28.8. The number of hydrogen-bond donors (Lipinski definition) is 7. The van der Waals surface area contributed by atoms with Crippen molar-refractivity contribution in [3.8, 4) is 5.75 Å². The third-order valence-electron chi connectivity index (χ3n) is 8.28. The Morgan fingerprint density at radius 3 is 2.45 bits per heavy atom. The lowest BCUT2D eigenvalue weighted by atomic mass is 9.58. The highest BCUT2D eigenvalue weighted by Crippen LogP contribution is 2.52. The molecule has 0 aromatic heterocycles. The number of phenols is 1. The molecule has 0 radical (unpaired) electrons. The minimum absolute atomic E-state index is 0.00439. The zero-order chi connectivity index (χ0) is 27.7. The maximum Gasteiger partial charge on any atom is 0.255 e. The first-order valence-electron chi connectivity index (χ1n) is 12.5. The number of anilines is 1. The van der Waals surface area contributed by atoms with Gasteiger partial charge in [-0.3, -0.25) is 24.7 Å². The van der Waals surface area contributed by atoms with Gasteiger partial charge in [-0.2, -0.15) is 0 Å². The molecule has 0 unspecified atom stereocenters. The predicted octanol–water partition coefficient (Wildman–Crippen LogP) is 0.563. The number of amides is 1. The second-order valence-corrected chi connectivity index (χ2v) is 10.6. The number of likely N-dealkylation sites (N-methyl/N-ethyl adjacent to an activating group) is 1. The Bertz CT molecular complexity index is 1340. The number of benzene rings is 1. The Hall–Kier alpha value is -3.90. The van der Waals surface area contributed by atoms with Crippen LogP contribution in [0.25, 0.3) is 0 Å². The van der Waals surface area contributed by atoms with Gasteiger partial charge < -0.3 is 36.4 Å². The van der Waals surface area contributed by atoms with E-state index in [4.69, 9.17) is 11.1 Å². The van der Waals surface area contributed by atoms with Crippen molar-refractivity contribution in [3.63, 3.8) is 0 Å². The Morgan fingerprint density at radius 2 is 1.84 bits per heavy atom. The number of hydrogen-bond acceptors (Lipinski definition) is 9. The predicted molar refractivity (Wildman–Crippen MR) is 136 cm³/mol. The van der Waals surface area contributed by atoms with Crippen LogP contribution in [0.4, 0.5) is 5.69 Å². The lowest BCUT2D eigenvalue weighted by molar-refractivity contribution is -0.148. The summed E-state index contributed by atoms with van der Waals surface area (Å²) in [5.74, 6) is -6.75. The van der Waals surface area contributed by atoms with Crippen molar-refractivity contribution in [2.75, 3.05) is 32.5 Å². The van der Waals surface area contributed by atoms with E-state index in [0.717, 1.165) is 25.9 Å². The number of likely N-dealkylation sites (tertiary alicyclic amines) is 1. The molecular formula is C26H31N5O7. The van der Waals surface area contributed by atoms with E-state index in [9.17, 15) is 34.8 Å². The first-order valence-corrected chi connectivity index (χ1v) is 12.5. The summed E-state index contributed by atoms with van der Waals surface area (Å²) in [4.78, 5) is 42.5. The second kappa shape index (κ2) is 8.84. The van der Waals surface area contributed by atoms with Crippen molar-refractivity contribution >= 4 is 29.1 Å². The molecule has 1 heterocycles. The SMILES string of the molecule is CN(C)[C@H]1C(O)=C(C(N)=O)C(=O)[C@@]2(O)C(O)=C3C(=O)c4c(O)ccc(NC(=N)N5CCCC5)c4C[C@H]3C[C@@H]12. The molecular weight excluding hydrogens is 494 g/mol. The fraction of sp³-hybridized carbons (Fsp3) is 0.462. The minimum Gasteiger partial charge on any atom is -0.510 e. The second-order valence-electron chi connectivity index (χ2n) is 10.6. The number of aliphatic hydroxyl groups is 3. The van der Waals surface area contributed by atoms with Crippen LogP contribution in [0, 0.1) is 17.2 Å². The van der Waals surface area contributed by atoms with Crippen molar-refractivity contribution < 1.29 is 34.8 Å². The van der Waals surface area contributed by atoms with Crippen LogP contribution in [0.3, 0.4) is 0 Å². The van der Waals surface area contributed by atoms with Gasteiger partial charge in [0.15, 0.2) is 17.3 Å². The molecule has 12 heteroatoms. The lowest BCUT2D eigenvalue weighted by Crippen LogP contribution is -2.63. The van der Waals surface area contributed by atoms with Crippen LogP contribution in [-0.2, 0) is 16.0 Å². The maximum absolute atomic E-state index is 13.7. The van der Waals surface area contributed by atoms with Gasteiger partial charge in [-0.15, -0.1) is 0 Å². The summed E-state index contributed by atoms with van der Waals surface area (Å²) in [7, 11) is 3.16. The molecule has 1 aliphatic heterocycles. The average Bonchev–Trinajstić information content (AvgIpc) is 3.38. The number of aromatic hydroxyl groups is 1. The largest absolute Gasteiger partial charge is 0.510 e. The molecule has 202 valence electrons. The molecule has 5 rings (SSSR count). The van der Waals surface area contributed by atoms with Gasteiger partial charge in [-0.05, 0) is 63.4 Å². The molecule has 0 bridgehead atoms. The fourth-order valence-electron chi connectivity index (χ4n) is 6.52. The fourth-order valence-corrected chi connectivity index (χ4v) is 6.52. The van der Waals surface area contributed by atoms with Crippen molar-refractivity contribution in [2.45, 2.75) is 37.3 Å². The number of fused-ring (bicyclic) bond motifs is 3. The highest BCUT2D eigenvalue weighted by atomic mass is 16.3. The molecule has 1 saturated heterocycles. The third-order valence-corrected chi connectivity index (χ3v) is 8.28. The molecule has 1 fully saturated rings. The van der Waals surface area contributed by atoms with E-state index in [2.05, 4.69) is 5.32 Å². The van der Waals surface area contributed by atoms with E-state index in [1.54, 1.807) is 20.2 Å². The molecule has 12 nitrogen and oxygen atoms in total. The summed E-state index contributed by atoms with van der Waals surface area (Å²) in [5, 5.41) is 56.0. The number of phenolic OH excluding ortho intramolecular Hbond substituents is 1. The molecule has 8 N–H and O–H groups in total. The summed E-state index contributed by atoms with van der Waals surface area (Å²) < 4.78 is 0. The Morgan fingerprint density at radius 1 is 1.18 bits per heavy atom. The number of nitrogens with zero attached hydrogens (tertiary/aromatic N) is 2. The van der Waals surface area contributed by atoms with Crippen LogP contribution in [0.15, 0.2) is 34.8 Å². The molecule has 0 spiro atoms. The van der Waals surface area contributed by atoms with Gasteiger partial charge in [0.25, 0.3) is 5.91 Å². The standard InChI is InChI=1S/C26H31N5O7/c1-30(2)19-13-10-11-9-12-14(29-25(28)31-7-3-4-8-31)5-6-15(32)17(12)20(33)16(11)22(35)26(13,38)23(36)18(21(19)34)24(27)37/h5-6,11,13,19,32,34-35,38H,3-4,7-10H2,1-2H3,(H2,27,37)(H2,28,29)/t11-,13-,19+,26-/m0/s1. The van der Waals surface area contributed by atoms with Crippen molar-refractivity contribution in [3.05, 3.63) is 45.9 Å². The van der Waals surface area contributed by atoms with Crippen molar-refractivity contribution in [2.24, 2.45) is 17.6 Å². The molecule has 4 atom stereocenters. The number of guanidine groups is 1. The number of nitrogens with two attached hydrogens (primary N) is 1. The number of aliphatic hydroxyl groups excluding tert-OH is 2. The number of rotatable bonds is 3. The topological polar surface area (TPSA) is 201 Å². The van der Waals surface area contributed by atoms with Crippen LogP contribution < -0.4 is 11.1 Å². The van der Waals surface area contributed by atoms with E-state index in [1.165, 1.54) is 11.0 Å². The maximum atomic E-state index is 13.7. The van der Waals surface area contributed by atoms with Crippen LogP contribution in [0.5, 0.6) is 5.75 Å². The number of Topliss-reactive ketones (excluding diaryl/α,β-unsaturated/α-hetero) is 2. The van der Waals surface area contributed by atoms with Gasteiger partial charge in [0, 0.05) is 30.3 Å². The molecule has 38 heavy (non-hydrogen) atoms. The molecule has 1 aromatic rings. The number of primary amides is 1. The van der Waals surface area contributed by atoms with Crippen LogP contribution in [0.1, 0.15) is 35.2 Å². The van der Waals surface area contributed by atoms with Crippen LogP contribution in [0.2, 0.25) is 0 Å². The van der Waals surface area contributed by atoms with Crippen LogP contribution >= 0.6 is 0 Å². The highest BCUT2D eigenvalue weighted by Gasteiger charge is 2.63. The monoisotopic (exact) mass is 525 g/mol. The van der Waals surface area contributed by atoms with E-state index in [-0.39, 0.29) is 35.7 Å². The number of carbonyl (C=O) groups is 3. The summed E-state index contributed by atoms with van der Waals surface area (Å²) in [6, 6.07) is 1.85. The quantitative estimate of drug-likeness (QED) is 0.127. The molecule has 0 saturated carbocycles. The highest BCUT2D eigenvalue weighted by molar-refractivity contribution is 6.25. The Kier molecular flexibility index (Phi) is 5.99. The molecule has 1 amide bonds. The number of allylic oxidation sites excluding steroid dienone is 1. The van der Waals surface area contributed by atoms with Gasteiger partial charge in [0.2, 0.25) is 5.78 Å². The van der Waals surface area contributed by atoms with E-state index in [1.807, 2.05) is 4.90 Å². The minimum atomic E-state index is -2.67. The number of nitrogens with one attached hydrogen (secondary N) is 2. The van der Waals surface area contributed by atoms with Gasteiger partial charge in [0.1, 0.15) is 22.8 Å². The molecule has 1 aromatic carbocycles. The first-order chi connectivity index (χ1) is 17.9. The van der Waals surface area contributed by atoms with Gasteiger partial charge in [-0.25, -0.2) is 0 Å². The zero-order valence-corrected chi connectivity index (χ0v) is 21.1. The first kappa shape index (κ1) is 25.7. The number of carbonyl (C=O) groups excluding carboxylic acids is 3. The Balaban J connectivity index is 1.63. The third kappa shape index (κ3) is 3.51. The summed E-state index contributed by atoms with van der Waals surface area (Å²) in [5.41, 5.74) is 2.44. The van der Waals surface area contributed by atoms with E-state index >= 15 is 0 Å². The van der Waals surface area contributed by atoms with E-state index < -0.39 is 58.0 Å². The van der Waals surface area contributed by atoms with Gasteiger partial charge >= 0.3 is 0 Å². The zero-order valence-electron chi connectivity index (χ0n) is 21.1. The molecule has 3 aliphatic carbocycles. The summed E-state index contributed by atoms with van der Waals surface area (Å²) in [6.45, 7) is 1.47. The smallest absolute Gasteiger partial charge is 0.255 e.